The van der Waals surface area contributed by atoms with Crippen LogP contribution < -0.4 is 10.1 Å². The van der Waals surface area contributed by atoms with Crippen LogP contribution in [0.25, 0.3) is 0 Å². The van der Waals surface area contributed by atoms with Crippen LogP contribution in [0.3, 0.4) is 0 Å². The zero-order chi connectivity index (χ0) is 18.7. The number of halogens is 4. The summed E-state index contributed by atoms with van der Waals surface area (Å²) in [4.78, 5) is 12.1. The van der Waals surface area contributed by atoms with Gasteiger partial charge in [-0.2, -0.15) is 5.10 Å². The molecule has 0 aliphatic heterocycles. The molecule has 26 heavy (non-hydrogen) atoms. The normalized spacial score (nSPS) is 10.6. The third kappa shape index (κ3) is 4.15. The molecule has 3 rings (SSSR count). The van der Waals surface area contributed by atoms with Crippen molar-refractivity contribution >= 4 is 23.2 Å². The molecule has 1 N–H and O–H groups in total. The molecule has 1 heterocycles. The highest BCUT2D eigenvalue weighted by Gasteiger charge is 2.13. The summed E-state index contributed by atoms with van der Waals surface area (Å²) in [5.74, 6) is -3.05. The fraction of sp³-hybridized carbons (Fsp3) is 0.0588. The van der Waals surface area contributed by atoms with Crippen molar-refractivity contribution in [1.82, 2.24) is 9.78 Å². The van der Waals surface area contributed by atoms with Crippen molar-refractivity contribution in [2.75, 3.05) is 5.32 Å². The van der Waals surface area contributed by atoms with E-state index >= 15 is 0 Å². The molecule has 0 radical (unpaired) electrons. The molecular weight excluding hydrogens is 371 g/mol. The van der Waals surface area contributed by atoms with E-state index in [1.165, 1.54) is 29.1 Å². The summed E-state index contributed by atoms with van der Waals surface area (Å²) >= 11 is 5.65. The minimum absolute atomic E-state index is 0.00234. The van der Waals surface area contributed by atoms with Gasteiger partial charge in [0.2, 0.25) is 0 Å². The highest BCUT2D eigenvalue weighted by molar-refractivity contribution is 6.30. The molecule has 0 aliphatic rings. The largest absolute Gasteiger partial charge is 0.468 e. The Balaban J connectivity index is 1.64. The Bertz CT molecular complexity index is 962. The molecule has 134 valence electrons. The van der Waals surface area contributed by atoms with E-state index in [1.54, 1.807) is 0 Å². The Labute approximate surface area is 151 Å². The number of carbonyl (C=O) groups is 1. The summed E-state index contributed by atoms with van der Waals surface area (Å²) in [5.41, 5.74) is -0.0406. The van der Waals surface area contributed by atoms with Crippen molar-refractivity contribution in [2.45, 2.75) is 6.73 Å². The number of amides is 1. The van der Waals surface area contributed by atoms with E-state index in [0.29, 0.717) is 6.07 Å². The Morgan fingerprint density at radius 3 is 2.65 bits per heavy atom. The van der Waals surface area contributed by atoms with Gasteiger partial charge in [-0.15, -0.1) is 0 Å². The molecule has 0 saturated carbocycles. The van der Waals surface area contributed by atoms with Crippen molar-refractivity contribution in [2.24, 2.45) is 0 Å². The van der Waals surface area contributed by atoms with Gasteiger partial charge in [0.25, 0.3) is 5.91 Å². The Morgan fingerprint density at radius 2 is 1.92 bits per heavy atom. The van der Waals surface area contributed by atoms with E-state index in [9.17, 15) is 18.0 Å². The lowest BCUT2D eigenvalue weighted by atomic mass is 10.3. The van der Waals surface area contributed by atoms with Gasteiger partial charge >= 0.3 is 0 Å². The third-order valence-electron chi connectivity index (χ3n) is 3.30. The second-order valence-electron chi connectivity index (χ2n) is 5.17. The Morgan fingerprint density at radius 1 is 1.12 bits per heavy atom. The van der Waals surface area contributed by atoms with Gasteiger partial charge in [0.1, 0.15) is 11.6 Å². The van der Waals surface area contributed by atoms with E-state index in [1.807, 2.05) is 0 Å². The average molecular weight is 382 g/mol. The molecule has 5 nitrogen and oxygen atoms in total. The fourth-order valence-corrected chi connectivity index (χ4v) is 2.22. The number of hydrogen-bond acceptors (Lipinski definition) is 3. The SMILES string of the molecule is O=C(Nc1ccc(Cl)cc1F)c1ccn(COc2ccc(F)cc2F)n1. The molecule has 1 amide bonds. The van der Waals surface area contributed by atoms with Crippen LogP contribution in [0.1, 0.15) is 10.5 Å². The fourth-order valence-electron chi connectivity index (χ4n) is 2.06. The number of carbonyl (C=O) groups excluding carboxylic acids is 1. The Kier molecular flexibility index (Phi) is 5.13. The number of ether oxygens (including phenoxy) is 1. The van der Waals surface area contributed by atoms with E-state index in [-0.39, 0.29) is 28.9 Å². The summed E-state index contributed by atoms with van der Waals surface area (Å²) < 4.78 is 46.4. The van der Waals surface area contributed by atoms with E-state index < -0.39 is 23.4 Å². The molecule has 3 aromatic rings. The quantitative estimate of drug-likeness (QED) is 0.719. The molecule has 0 fully saturated rings. The van der Waals surface area contributed by atoms with Crippen LogP contribution in [0.5, 0.6) is 5.75 Å². The zero-order valence-corrected chi connectivity index (χ0v) is 13.8. The molecule has 2 aromatic carbocycles. The monoisotopic (exact) mass is 381 g/mol. The third-order valence-corrected chi connectivity index (χ3v) is 3.53. The predicted octanol–water partition coefficient (Wildman–Crippen LogP) is 4.24. The van der Waals surface area contributed by atoms with Crippen LogP contribution in [0.15, 0.2) is 48.7 Å². The maximum absolute atomic E-state index is 13.7. The number of anilines is 1. The molecule has 9 heteroatoms. The van der Waals surface area contributed by atoms with Crippen LogP contribution in [0.2, 0.25) is 5.02 Å². The maximum Gasteiger partial charge on any atom is 0.276 e. The van der Waals surface area contributed by atoms with Crippen LogP contribution in [-0.4, -0.2) is 15.7 Å². The van der Waals surface area contributed by atoms with Gasteiger partial charge in [0, 0.05) is 17.3 Å². The van der Waals surface area contributed by atoms with E-state index in [0.717, 1.165) is 18.2 Å². The summed E-state index contributed by atoms with van der Waals surface area (Å²) in [6.07, 6.45) is 1.43. The highest BCUT2D eigenvalue weighted by Crippen LogP contribution is 2.20. The van der Waals surface area contributed by atoms with Crippen LogP contribution in [0.4, 0.5) is 18.9 Å². The number of benzene rings is 2. The topological polar surface area (TPSA) is 56.2 Å². The lowest BCUT2D eigenvalue weighted by molar-refractivity contribution is 0.101. The average Bonchev–Trinajstić information content (AvgIpc) is 3.06. The number of rotatable bonds is 5. The Hall–Kier alpha value is -3.00. The zero-order valence-electron chi connectivity index (χ0n) is 13.0. The van der Waals surface area contributed by atoms with Crippen molar-refractivity contribution in [3.8, 4) is 5.75 Å². The van der Waals surface area contributed by atoms with Gasteiger partial charge < -0.3 is 10.1 Å². The first-order chi connectivity index (χ1) is 12.4. The van der Waals surface area contributed by atoms with Crippen molar-refractivity contribution in [3.63, 3.8) is 0 Å². The first-order valence-corrected chi connectivity index (χ1v) is 7.68. The van der Waals surface area contributed by atoms with Gasteiger partial charge in [0.15, 0.2) is 24.0 Å². The molecule has 0 atom stereocenters. The lowest BCUT2D eigenvalue weighted by Gasteiger charge is -2.07. The van der Waals surface area contributed by atoms with Crippen LogP contribution in [0, 0.1) is 17.5 Å². The summed E-state index contributed by atoms with van der Waals surface area (Å²) in [7, 11) is 0. The van der Waals surface area contributed by atoms with Crippen molar-refractivity contribution < 1.29 is 22.7 Å². The minimum Gasteiger partial charge on any atom is -0.468 e. The van der Waals surface area contributed by atoms with Gasteiger partial charge in [-0.05, 0) is 36.4 Å². The van der Waals surface area contributed by atoms with Crippen LogP contribution in [-0.2, 0) is 6.73 Å². The summed E-state index contributed by atoms with van der Waals surface area (Å²) in [6, 6.07) is 8.11. The first-order valence-electron chi connectivity index (χ1n) is 7.30. The summed E-state index contributed by atoms with van der Waals surface area (Å²) in [5, 5.41) is 6.52. The smallest absolute Gasteiger partial charge is 0.276 e. The standard InChI is InChI=1S/C17H11ClF3N3O2/c18-10-1-3-14(12(20)7-10)22-17(25)15-5-6-24(23-15)9-26-16-4-2-11(19)8-13(16)21/h1-8H,9H2,(H,22,25). The molecule has 0 aliphatic carbocycles. The number of aromatic nitrogens is 2. The summed E-state index contributed by atoms with van der Waals surface area (Å²) in [6.45, 7) is -0.203. The van der Waals surface area contributed by atoms with Gasteiger partial charge in [0.05, 0.1) is 5.69 Å². The minimum atomic E-state index is -0.853. The number of nitrogens with one attached hydrogen (secondary N) is 1. The number of nitrogens with zero attached hydrogens (tertiary/aromatic N) is 2. The van der Waals surface area contributed by atoms with Gasteiger partial charge in [-0.3, -0.25) is 4.79 Å². The first kappa shape index (κ1) is 17.8. The predicted molar refractivity (Wildman–Crippen MR) is 88.6 cm³/mol. The molecule has 0 spiro atoms. The van der Waals surface area contributed by atoms with E-state index in [4.69, 9.17) is 16.3 Å². The lowest BCUT2D eigenvalue weighted by Crippen LogP contribution is -2.15. The molecule has 0 bridgehead atoms. The molecular formula is C17H11ClF3N3O2. The van der Waals surface area contributed by atoms with Crippen molar-refractivity contribution in [3.05, 3.63) is 76.8 Å². The van der Waals surface area contributed by atoms with Gasteiger partial charge in [-0.1, -0.05) is 11.6 Å². The van der Waals surface area contributed by atoms with E-state index in [2.05, 4.69) is 10.4 Å². The van der Waals surface area contributed by atoms with Gasteiger partial charge in [-0.25, -0.2) is 17.9 Å². The molecule has 1 aromatic heterocycles. The molecule has 0 saturated heterocycles. The van der Waals surface area contributed by atoms with Crippen LogP contribution >= 0.6 is 11.6 Å². The number of hydrogen-bond donors (Lipinski definition) is 1. The maximum atomic E-state index is 13.7. The second kappa shape index (κ2) is 7.49. The second-order valence-corrected chi connectivity index (χ2v) is 5.60. The highest BCUT2D eigenvalue weighted by atomic mass is 35.5. The molecule has 0 unspecified atom stereocenters. The van der Waals surface area contributed by atoms with Crippen molar-refractivity contribution in [1.29, 1.82) is 0 Å².